The van der Waals surface area contributed by atoms with E-state index in [4.69, 9.17) is 10.5 Å². The molecule has 0 spiro atoms. The summed E-state index contributed by atoms with van der Waals surface area (Å²) in [5.74, 6) is -1.55. The van der Waals surface area contributed by atoms with Crippen molar-refractivity contribution in [3.05, 3.63) is 35.5 Å². The number of H-pyrrole nitrogens is 1. The monoisotopic (exact) mass is 485 g/mol. The van der Waals surface area contributed by atoms with Gasteiger partial charge >= 0.3 is 6.09 Å². The van der Waals surface area contributed by atoms with Crippen LogP contribution in [0.5, 0.6) is 0 Å². The molecular formula is C25H35N5O5. The number of para-hydroxylation sites is 1. The smallest absolute Gasteiger partial charge is 0.411 e. The first-order valence-corrected chi connectivity index (χ1v) is 11.8. The van der Waals surface area contributed by atoms with Crippen molar-refractivity contribution in [2.45, 2.75) is 71.7 Å². The zero-order valence-corrected chi connectivity index (χ0v) is 20.9. The van der Waals surface area contributed by atoms with Crippen molar-refractivity contribution in [1.82, 2.24) is 20.5 Å². The summed E-state index contributed by atoms with van der Waals surface area (Å²) in [6.07, 6.45) is 0.00998. The second-order valence-corrected chi connectivity index (χ2v) is 10.3. The molecule has 1 aliphatic heterocycles. The van der Waals surface area contributed by atoms with Crippen LogP contribution in [-0.2, 0) is 32.1 Å². The summed E-state index contributed by atoms with van der Waals surface area (Å²) < 4.78 is 5.59. The largest absolute Gasteiger partial charge is 0.444 e. The Morgan fingerprint density at radius 3 is 2.51 bits per heavy atom. The van der Waals surface area contributed by atoms with Gasteiger partial charge in [0, 0.05) is 23.0 Å². The summed E-state index contributed by atoms with van der Waals surface area (Å²) in [7, 11) is 0. The highest BCUT2D eigenvalue weighted by atomic mass is 16.6. The number of hydrogen-bond donors (Lipinski definition) is 4. The van der Waals surface area contributed by atoms with Crippen molar-refractivity contribution >= 4 is 34.7 Å². The van der Waals surface area contributed by atoms with Crippen LogP contribution >= 0.6 is 0 Å². The molecule has 10 heteroatoms. The maximum atomic E-state index is 13.5. The molecule has 1 aromatic heterocycles. The van der Waals surface area contributed by atoms with Crippen molar-refractivity contribution < 1.29 is 23.9 Å². The Kier molecular flexibility index (Phi) is 7.72. The van der Waals surface area contributed by atoms with E-state index < -0.39 is 41.5 Å². The maximum absolute atomic E-state index is 13.5. The zero-order chi connectivity index (χ0) is 25.9. The highest BCUT2D eigenvalue weighted by Crippen LogP contribution is 2.31. The molecule has 10 nitrogen and oxygen atoms in total. The highest BCUT2D eigenvalue weighted by Gasteiger charge is 2.39. The molecule has 3 rings (SSSR count). The van der Waals surface area contributed by atoms with E-state index in [9.17, 15) is 19.2 Å². The minimum Gasteiger partial charge on any atom is -0.444 e. The number of aromatic nitrogens is 1. The minimum atomic E-state index is -0.883. The number of amides is 4. The molecule has 1 aromatic carbocycles. The second kappa shape index (κ2) is 10.4. The van der Waals surface area contributed by atoms with Crippen LogP contribution in [0.4, 0.5) is 4.79 Å². The Labute approximate surface area is 204 Å². The first-order valence-electron chi connectivity index (χ1n) is 11.8. The molecular weight excluding hydrogens is 450 g/mol. The van der Waals surface area contributed by atoms with Crippen molar-refractivity contribution in [2.24, 2.45) is 11.7 Å². The van der Waals surface area contributed by atoms with Gasteiger partial charge in [0.2, 0.25) is 17.7 Å². The van der Waals surface area contributed by atoms with Gasteiger partial charge in [0.25, 0.3) is 0 Å². The lowest BCUT2D eigenvalue weighted by molar-refractivity contribution is -0.133. The Morgan fingerprint density at radius 2 is 1.89 bits per heavy atom. The Bertz CT molecular complexity index is 1120. The molecule has 2 atom stereocenters. The van der Waals surface area contributed by atoms with Gasteiger partial charge in [-0.15, -0.1) is 0 Å². The molecule has 0 radical (unpaired) electrons. The third-order valence-electron chi connectivity index (χ3n) is 5.71. The molecule has 4 amide bonds. The topological polar surface area (TPSA) is 147 Å². The number of nitrogens with two attached hydrogens (primary N) is 1. The summed E-state index contributed by atoms with van der Waals surface area (Å²) in [5.41, 5.74) is 7.12. The highest BCUT2D eigenvalue weighted by molar-refractivity contribution is 5.94. The second-order valence-electron chi connectivity index (χ2n) is 10.3. The number of carbonyl (C=O) groups excluding carboxylic acids is 4. The van der Waals surface area contributed by atoms with Gasteiger partial charge in [-0.1, -0.05) is 32.0 Å². The van der Waals surface area contributed by atoms with Crippen LogP contribution in [0.2, 0.25) is 0 Å². The summed E-state index contributed by atoms with van der Waals surface area (Å²) in [6.45, 7) is 8.98. The number of nitrogens with zero attached hydrogens (tertiary/aromatic N) is 1. The van der Waals surface area contributed by atoms with E-state index in [0.29, 0.717) is 6.42 Å². The zero-order valence-electron chi connectivity index (χ0n) is 20.9. The Morgan fingerprint density at radius 1 is 1.20 bits per heavy atom. The number of carbonyl (C=O) groups is 4. The van der Waals surface area contributed by atoms with Gasteiger partial charge in [0.1, 0.15) is 17.7 Å². The third-order valence-corrected chi connectivity index (χ3v) is 5.71. The predicted molar refractivity (Wildman–Crippen MR) is 131 cm³/mol. The van der Waals surface area contributed by atoms with Crippen LogP contribution < -0.4 is 16.4 Å². The molecule has 2 heterocycles. The standard InChI is InChI=1S/C25H35N5O5/c1-14(2)10-18(22(32)27-12-21(26)31)29-23(33)20-11-16-15-8-6-7-9-17(15)28-19(16)13-30(20)24(34)35-25(3,4)5/h6-9,14,18,20,28H,10-13H2,1-5H3,(H2,26,31)(H,27,32)(H,29,33)/t18-,20+/m0/s1. The minimum absolute atomic E-state index is 0.0909. The van der Waals surface area contributed by atoms with Crippen LogP contribution in [0.3, 0.4) is 0 Å². The summed E-state index contributed by atoms with van der Waals surface area (Å²) in [5, 5.41) is 6.24. The van der Waals surface area contributed by atoms with E-state index in [1.165, 1.54) is 4.90 Å². The number of hydrogen-bond acceptors (Lipinski definition) is 5. The van der Waals surface area contributed by atoms with Gasteiger partial charge in [-0.2, -0.15) is 0 Å². The van der Waals surface area contributed by atoms with Crippen LogP contribution in [-0.4, -0.2) is 57.9 Å². The van der Waals surface area contributed by atoms with E-state index >= 15 is 0 Å². The summed E-state index contributed by atoms with van der Waals surface area (Å²) in [6, 6.07) is 6.00. The molecule has 35 heavy (non-hydrogen) atoms. The van der Waals surface area contributed by atoms with Gasteiger partial charge in [0.15, 0.2) is 0 Å². The lowest BCUT2D eigenvalue weighted by atomic mass is 9.95. The van der Waals surface area contributed by atoms with Gasteiger partial charge in [-0.3, -0.25) is 19.3 Å². The number of fused-ring (bicyclic) bond motifs is 3. The molecule has 0 aliphatic carbocycles. The molecule has 2 aromatic rings. The molecule has 190 valence electrons. The van der Waals surface area contributed by atoms with Gasteiger partial charge in [0.05, 0.1) is 13.1 Å². The van der Waals surface area contributed by atoms with E-state index in [1.54, 1.807) is 20.8 Å². The molecule has 0 saturated carbocycles. The predicted octanol–water partition coefficient (Wildman–Crippen LogP) is 1.96. The van der Waals surface area contributed by atoms with Crippen LogP contribution in [0.15, 0.2) is 24.3 Å². The van der Waals surface area contributed by atoms with Gasteiger partial charge < -0.3 is 26.1 Å². The first-order chi connectivity index (χ1) is 16.4. The van der Waals surface area contributed by atoms with E-state index in [1.807, 2.05) is 38.1 Å². The molecule has 1 aliphatic rings. The molecule has 0 bridgehead atoms. The van der Waals surface area contributed by atoms with Crippen LogP contribution in [0.1, 0.15) is 52.3 Å². The van der Waals surface area contributed by atoms with E-state index in [2.05, 4.69) is 15.6 Å². The van der Waals surface area contributed by atoms with Gasteiger partial charge in [-0.05, 0) is 44.7 Å². The Balaban J connectivity index is 1.90. The summed E-state index contributed by atoms with van der Waals surface area (Å²) >= 11 is 0. The summed E-state index contributed by atoms with van der Waals surface area (Å²) in [4.78, 5) is 55.2. The SMILES string of the molecule is CC(C)C[C@H](NC(=O)[C@H]1Cc2c([nH]c3ccccc23)CN1C(=O)OC(C)(C)C)C(=O)NCC(N)=O. The number of primary amides is 1. The molecule has 0 saturated heterocycles. The van der Waals surface area contributed by atoms with Crippen molar-refractivity contribution in [2.75, 3.05) is 6.54 Å². The van der Waals surface area contributed by atoms with Crippen LogP contribution in [0, 0.1) is 5.92 Å². The van der Waals surface area contributed by atoms with Gasteiger partial charge in [-0.25, -0.2) is 4.79 Å². The fraction of sp³-hybridized carbons (Fsp3) is 0.520. The number of nitrogens with one attached hydrogen (secondary N) is 3. The molecule has 5 N–H and O–H groups in total. The Hall–Kier alpha value is -3.56. The number of rotatable bonds is 7. The average molecular weight is 486 g/mol. The third kappa shape index (κ3) is 6.52. The number of benzene rings is 1. The lowest BCUT2D eigenvalue weighted by Crippen LogP contribution is -2.57. The van der Waals surface area contributed by atoms with Crippen LogP contribution in [0.25, 0.3) is 10.9 Å². The lowest BCUT2D eigenvalue weighted by Gasteiger charge is -2.36. The molecule has 0 unspecified atom stereocenters. The van der Waals surface area contributed by atoms with Crippen molar-refractivity contribution in [3.8, 4) is 0 Å². The van der Waals surface area contributed by atoms with E-state index in [0.717, 1.165) is 22.2 Å². The molecule has 0 fully saturated rings. The average Bonchev–Trinajstić information content (AvgIpc) is 3.12. The fourth-order valence-electron chi connectivity index (χ4n) is 4.22. The number of aromatic amines is 1. The maximum Gasteiger partial charge on any atom is 0.411 e. The fourth-order valence-corrected chi connectivity index (χ4v) is 4.22. The quantitative estimate of drug-likeness (QED) is 0.473. The normalized spacial score (nSPS) is 16.5. The number of ether oxygens (including phenoxy) is 1. The van der Waals surface area contributed by atoms with Crippen molar-refractivity contribution in [3.63, 3.8) is 0 Å². The van der Waals surface area contributed by atoms with Crippen molar-refractivity contribution in [1.29, 1.82) is 0 Å². The first kappa shape index (κ1) is 26.1. The van der Waals surface area contributed by atoms with E-state index in [-0.39, 0.29) is 25.4 Å².